The van der Waals surface area contributed by atoms with E-state index in [1.807, 2.05) is 0 Å². The van der Waals surface area contributed by atoms with Crippen LogP contribution in [-0.2, 0) is 9.47 Å². The summed E-state index contributed by atoms with van der Waals surface area (Å²) in [6.45, 7) is 7.76. The highest BCUT2D eigenvalue weighted by atomic mass is 16.5. The number of carbonyl (C=O) groups excluding carboxylic acids is 1. The monoisotopic (exact) mass is 317 g/mol. The lowest BCUT2D eigenvalue weighted by molar-refractivity contribution is 0.0528. The molecule has 3 rings (SSSR count). The molecule has 0 saturated carbocycles. The highest BCUT2D eigenvalue weighted by Gasteiger charge is 2.22. The van der Waals surface area contributed by atoms with Gasteiger partial charge in [-0.25, -0.2) is 9.48 Å². The minimum absolute atomic E-state index is 0.171. The fourth-order valence-corrected chi connectivity index (χ4v) is 2.98. The van der Waals surface area contributed by atoms with Crippen LogP contribution in [0.2, 0.25) is 0 Å². The average Bonchev–Trinajstić information content (AvgIpc) is 3.23. The minimum Gasteiger partial charge on any atom is -0.456 e. The molecule has 1 aliphatic carbocycles. The Labute approximate surface area is 136 Å². The molecule has 2 atom stereocenters. The van der Waals surface area contributed by atoms with Crippen molar-refractivity contribution in [3.05, 3.63) is 35.7 Å². The maximum Gasteiger partial charge on any atom is 0.360 e. The van der Waals surface area contributed by atoms with E-state index in [2.05, 4.69) is 29.9 Å². The van der Waals surface area contributed by atoms with E-state index in [0.29, 0.717) is 19.1 Å². The zero-order valence-corrected chi connectivity index (χ0v) is 13.5. The second-order valence-corrected chi connectivity index (χ2v) is 6.36. The Morgan fingerprint density at radius 2 is 2.39 bits per heavy atom. The molecule has 0 unspecified atom stereocenters. The molecule has 124 valence electrons. The van der Waals surface area contributed by atoms with Gasteiger partial charge in [0, 0.05) is 6.61 Å². The van der Waals surface area contributed by atoms with Crippen molar-refractivity contribution >= 4 is 5.97 Å². The van der Waals surface area contributed by atoms with Crippen molar-refractivity contribution in [3.63, 3.8) is 0 Å². The number of esters is 1. The number of carbonyl (C=O) groups is 1. The molecule has 0 bridgehead atoms. The Hall–Kier alpha value is -1.95. The standard InChI is InChI=1S/C17H23N3O3/c1-12(2)14-5-3-13(4-6-14)10-23-17(21)16-9-20(19-18-16)15-7-8-22-11-15/h3,9,14-15H,1,4-8,10-11H2,2H3/t14-,15-/m1/s1. The summed E-state index contributed by atoms with van der Waals surface area (Å²) < 4.78 is 12.4. The van der Waals surface area contributed by atoms with E-state index in [4.69, 9.17) is 9.47 Å². The number of hydrogen-bond acceptors (Lipinski definition) is 5. The summed E-state index contributed by atoms with van der Waals surface area (Å²) in [4.78, 5) is 12.1. The fourth-order valence-electron chi connectivity index (χ4n) is 2.98. The van der Waals surface area contributed by atoms with E-state index >= 15 is 0 Å². The third-order valence-electron chi connectivity index (χ3n) is 4.59. The summed E-state index contributed by atoms with van der Waals surface area (Å²) in [7, 11) is 0. The molecule has 0 spiro atoms. The molecule has 1 saturated heterocycles. The van der Waals surface area contributed by atoms with Crippen LogP contribution in [0.15, 0.2) is 30.0 Å². The summed E-state index contributed by atoms with van der Waals surface area (Å²) in [5.74, 6) is 0.140. The van der Waals surface area contributed by atoms with E-state index in [0.717, 1.165) is 32.3 Å². The van der Waals surface area contributed by atoms with Crippen LogP contribution in [0.5, 0.6) is 0 Å². The van der Waals surface area contributed by atoms with Crippen LogP contribution in [-0.4, -0.2) is 40.8 Å². The zero-order valence-electron chi connectivity index (χ0n) is 13.5. The van der Waals surface area contributed by atoms with Crippen LogP contribution < -0.4 is 0 Å². The fraction of sp³-hybridized carbons (Fsp3) is 0.588. The molecule has 0 aromatic carbocycles. The summed E-state index contributed by atoms with van der Waals surface area (Å²) in [6.07, 6.45) is 7.74. The molecule has 0 amide bonds. The van der Waals surface area contributed by atoms with E-state index in [1.54, 1.807) is 10.9 Å². The van der Waals surface area contributed by atoms with Gasteiger partial charge in [0.25, 0.3) is 0 Å². The molecule has 1 aromatic rings. The van der Waals surface area contributed by atoms with Gasteiger partial charge in [0.05, 0.1) is 18.8 Å². The Kier molecular flexibility index (Phi) is 4.91. The van der Waals surface area contributed by atoms with Crippen molar-refractivity contribution < 1.29 is 14.3 Å². The van der Waals surface area contributed by atoms with E-state index in [1.165, 1.54) is 11.1 Å². The Morgan fingerprint density at radius 3 is 3.04 bits per heavy atom. The first-order valence-corrected chi connectivity index (χ1v) is 8.13. The average molecular weight is 317 g/mol. The summed E-state index contributed by atoms with van der Waals surface area (Å²) in [6, 6.07) is 0.171. The van der Waals surface area contributed by atoms with E-state index in [9.17, 15) is 4.79 Å². The molecule has 6 heteroatoms. The molecule has 1 fully saturated rings. The van der Waals surface area contributed by atoms with Gasteiger partial charge >= 0.3 is 5.97 Å². The van der Waals surface area contributed by atoms with Crippen LogP contribution in [0, 0.1) is 5.92 Å². The van der Waals surface area contributed by atoms with Crippen molar-refractivity contribution in [2.45, 2.75) is 38.6 Å². The second-order valence-electron chi connectivity index (χ2n) is 6.36. The molecule has 2 heterocycles. The van der Waals surface area contributed by atoms with Gasteiger partial charge in [-0.15, -0.1) is 5.10 Å². The van der Waals surface area contributed by atoms with Gasteiger partial charge in [0.2, 0.25) is 0 Å². The number of ether oxygens (including phenoxy) is 2. The smallest absolute Gasteiger partial charge is 0.360 e. The largest absolute Gasteiger partial charge is 0.456 e. The molecule has 1 aromatic heterocycles. The van der Waals surface area contributed by atoms with Gasteiger partial charge in [-0.2, -0.15) is 0 Å². The van der Waals surface area contributed by atoms with Crippen molar-refractivity contribution in [2.75, 3.05) is 19.8 Å². The first kappa shape index (κ1) is 15.9. The van der Waals surface area contributed by atoms with Gasteiger partial charge in [0.15, 0.2) is 5.69 Å². The normalized spacial score (nSPS) is 24.3. The molecular weight excluding hydrogens is 294 g/mol. The van der Waals surface area contributed by atoms with Crippen LogP contribution in [0.3, 0.4) is 0 Å². The number of rotatable bonds is 5. The van der Waals surface area contributed by atoms with Crippen LogP contribution in [0.4, 0.5) is 0 Å². The van der Waals surface area contributed by atoms with Crippen LogP contribution in [0.25, 0.3) is 0 Å². The number of hydrogen-bond donors (Lipinski definition) is 0. The third-order valence-corrected chi connectivity index (χ3v) is 4.59. The van der Waals surface area contributed by atoms with Gasteiger partial charge < -0.3 is 9.47 Å². The van der Waals surface area contributed by atoms with Crippen LogP contribution >= 0.6 is 0 Å². The Morgan fingerprint density at radius 1 is 1.52 bits per heavy atom. The molecule has 0 radical (unpaired) electrons. The number of nitrogens with zero attached hydrogens (tertiary/aromatic N) is 3. The molecule has 23 heavy (non-hydrogen) atoms. The molecule has 1 aliphatic heterocycles. The van der Waals surface area contributed by atoms with Crippen molar-refractivity contribution in [1.82, 2.24) is 15.0 Å². The zero-order chi connectivity index (χ0) is 16.2. The molecule has 0 N–H and O–H groups in total. The van der Waals surface area contributed by atoms with Gasteiger partial charge in [-0.3, -0.25) is 0 Å². The highest BCUT2D eigenvalue weighted by Crippen LogP contribution is 2.28. The maximum atomic E-state index is 12.1. The Balaban J connectivity index is 1.51. The van der Waals surface area contributed by atoms with Gasteiger partial charge in [0.1, 0.15) is 6.61 Å². The number of aromatic nitrogens is 3. The minimum atomic E-state index is -0.418. The predicted octanol–water partition coefficient (Wildman–Crippen LogP) is 2.70. The lowest BCUT2D eigenvalue weighted by Crippen LogP contribution is -2.13. The van der Waals surface area contributed by atoms with Gasteiger partial charge in [-0.05, 0) is 44.1 Å². The molecule has 6 nitrogen and oxygen atoms in total. The molecule has 2 aliphatic rings. The third kappa shape index (κ3) is 3.88. The SMILES string of the molecule is C=C(C)[C@@H]1CC=C(COC(=O)c2cn([C@@H]3CCOC3)nn2)CC1. The lowest BCUT2D eigenvalue weighted by atomic mass is 9.86. The lowest BCUT2D eigenvalue weighted by Gasteiger charge is -2.21. The summed E-state index contributed by atoms with van der Waals surface area (Å²) >= 11 is 0. The van der Waals surface area contributed by atoms with Crippen LogP contribution in [0.1, 0.15) is 49.1 Å². The maximum absolute atomic E-state index is 12.1. The van der Waals surface area contributed by atoms with E-state index < -0.39 is 5.97 Å². The highest BCUT2D eigenvalue weighted by molar-refractivity contribution is 5.86. The number of allylic oxidation sites excluding steroid dienone is 2. The topological polar surface area (TPSA) is 66.2 Å². The summed E-state index contributed by atoms with van der Waals surface area (Å²) in [5.41, 5.74) is 2.66. The first-order chi connectivity index (χ1) is 11.1. The second kappa shape index (κ2) is 7.08. The van der Waals surface area contributed by atoms with Crippen molar-refractivity contribution in [2.24, 2.45) is 5.92 Å². The van der Waals surface area contributed by atoms with Crippen molar-refractivity contribution in [1.29, 1.82) is 0 Å². The Bertz CT molecular complexity index is 614. The quantitative estimate of drug-likeness (QED) is 0.617. The summed E-state index contributed by atoms with van der Waals surface area (Å²) in [5, 5.41) is 7.92. The molecular formula is C17H23N3O3. The predicted molar refractivity (Wildman–Crippen MR) is 85.0 cm³/mol. The van der Waals surface area contributed by atoms with Gasteiger partial charge in [-0.1, -0.05) is 23.4 Å². The first-order valence-electron chi connectivity index (χ1n) is 8.13. The van der Waals surface area contributed by atoms with Crippen molar-refractivity contribution in [3.8, 4) is 0 Å². The van der Waals surface area contributed by atoms with E-state index in [-0.39, 0.29) is 11.7 Å².